The maximum Gasteiger partial charge on any atom is 0.147 e. The number of halogens is 1. The Balaban J connectivity index is 0.000000929. The summed E-state index contributed by atoms with van der Waals surface area (Å²) in [6.45, 7) is 8.43. The Morgan fingerprint density at radius 2 is 1.71 bits per heavy atom. The van der Waals surface area contributed by atoms with Gasteiger partial charge in [-0.25, -0.2) is 4.39 Å². The van der Waals surface area contributed by atoms with Crippen LogP contribution in [0, 0.1) is 5.82 Å². The molecule has 2 aliphatic heterocycles. The zero-order valence-electron chi connectivity index (χ0n) is 24.7. The Hall–Kier alpha value is -3.38. The SMILES string of the molecule is C=O.CC.COc1cc(N2CCC3(CCCCO3)CC2)c(F)cc1C1c2ccc(O)cc2CCC1c1ccccc1. The summed E-state index contributed by atoms with van der Waals surface area (Å²) in [5.41, 5.74) is 4.97. The monoisotopic (exact) mass is 561 g/mol. The molecule has 2 heterocycles. The largest absolute Gasteiger partial charge is 0.508 e. The topological polar surface area (TPSA) is 59.0 Å². The molecule has 3 aliphatic rings. The highest BCUT2D eigenvalue weighted by atomic mass is 19.1. The number of aromatic hydroxyl groups is 1. The summed E-state index contributed by atoms with van der Waals surface area (Å²) in [5.74, 6) is 0.918. The third-order valence-corrected chi connectivity index (χ3v) is 8.90. The molecule has 0 radical (unpaired) electrons. The number of aryl methyl sites for hydroxylation is 1. The van der Waals surface area contributed by atoms with Crippen LogP contribution in [0.25, 0.3) is 0 Å². The van der Waals surface area contributed by atoms with Crippen molar-refractivity contribution in [3.8, 4) is 11.5 Å². The maximum atomic E-state index is 15.9. The Bertz CT molecular complexity index is 1260. The number of hydrogen-bond acceptors (Lipinski definition) is 5. The average Bonchev–Trinajstić information content (AvgIpc) is 3.03. The van der Waals surface area contributed by atoms with Crippen molar-refractivity contribution in [2.45, 2.75) is 76.2 Å². The first-order chi connectivity index (χ1) is 20.1. The van der Waals surface area contributed by atoms with Crippen molar-refractivity contribution in [3.63, 3.8) is 0 Å². The summed E-state index contributed by atoms with van der Waals surface area (Å²) in [6, 6.07) is 19.7. The van der Waals surface area contributed by atoms with E-state index in [1.54, 1.807) is 19.2 Å². The molecule has 2 unspecified atom stereocenters. The van der Waals surface area contributed by atoms with Gasteiger partial charge in [-0.3, -0.25) is 0 Å². The van der Waals surface area contributed by atoms with Crippen molar-refractivity contribution in [2.75, 3.05) is 31.7 Å². The number of phenols is 1. The number of carbonyl (C=O) groups excluding carboxylic acids is 1. The van der Waals surface area contributed by atoms with E-state index in [4.69, 9.17) is 14.3 Å². The van der Waals surface area contributed by atoms with E-state index in [0.29, 0.717) is 5.69 Å². The number of nitrogens with zero attached hydrogens (tertiary/aromatic N) is 1. The molecule has 1 spiro atoms. The lowest BCUT2D eigenvalue weighted by Gasteiger charge is -2.44. The van der Waals surface area contributed by atoms with Crippen LogP contribution in [0.3, 0.4) is 0 Å². The van der Waals surface area contributed by atoms with Crippen LogP contribution in [0.5, 0.6) is 11.5 Å². The molecule has 41 heavy (non-hydrogen) atoms. The van der Waals surface area contributed by atoms with E-state index in [9.17, 15) is 5.11 Å². The van der Waals surface area contributed by atoms with Crippen LogP contribution in [0.2, 0.25) is 0 Å². The average molecular weight is 562 g/mol. The summed E-state index contributed by atoms with van der Waals surface area (Å²) in [5, 5.41) is 10.1. The van der Waals surface area contributed by atoms with Gasteiger partial charge >= 0.3 is 0 Å². The van der Waals surface area contributed by atoms with Gasteiger partial charge in [-0.05, 0) is 85.8 Å². The summed E-state index contributed by atoms with van der Waals surface area (Å²) in [7, 11) is 1.68. The Kier molecular flexibility index (Phi) is 10.4. The summed E-state index contributed by atoms with van der Waals surface area (Å²) < 4.78 is 28.1. The van der Waals surface area contributed by atoms with Gasteiger partial charge in [-0.1, -0.05) is 50.2 Å². The molecule has 6 rings (SSSR count). The van der Waals surface area contributed by atoms with Crippen molar-refractivity contribution < 1.29 is 23.8 Å². The minimum Gasteiger partial charge on any atom is -0.508 e. The van der Waals surface area contributed by atoms with Crippen molar-refractivity contribution in [1.82, 2.24) is 0 Å². The van der Waals surface area contributed by atoms with E-state index in [0.717, 1.165) is 80.7 Å². The van der Waals surface area contributed by atoms with Gasteiger partial charge in [0.1, 0.15) is 24.1 Å². The molecule has 2 fully saturated rings. The van der Waals surface area contributed by atoms with Gasteiger partial charge in [0.2, 0.25) is 0 Å². The first kappa shape index (κ1) is 30.6. The highest BCUT2D eigenvalue weighted by Gasteiger charge is 2.38. The lowest BCUT2D eigenvalue weighted by molar-refractivity contribution is -0.0980. The zero-order valence-corrected chi connectivity index (χ0v) is 24.7. The maximum absolute atomic E-state index is 15.9. The number of hydrogen-bond donors (Lipinski definition) is 1. The number of carbonyl (C=O) groups is 1. The summed E-state index contributed by atoms with van der Waals surface area (Å²) in [6.07, 6.45) is 7.15. The van der Waals surface area contributed by atoms with E-state index >= 15 is 4.39 Å². The second-order valence-corrected chi connectivity index (χ2v) is 10.9. The zero-order chi connectivity index (χ0) is 29.4. The van der Waals surface area contributed by atoms with E-state index in [-0.39, 0.29) is 29.0 Å². The fourth-order valence-electron chi connectivity index (χ4n) is 6.93. The molecule has 1 N–H and O–H groups in total. The molecular formula is C35H44FNO4. The second kappa shape index (κ2) is 14.0. The van der Waals surface area contributed by atoms with Gasteiger partial charge in [0.05, 0.1) is 18.4 Å². The van der Waals surface area contributed by atoms with Crippen LogP contribution in [0.1, 0.15) is 86.5 Å². The molecule has 3 aromatic rings. The van der Waals surface area contributed by atoms with Crippen molar-refractivity contribution in [1.29, 1.82) is 0 Å². The fourth-order valence-corrected chi connectivity index (χ4v) is 6.93. The highest BCUT2D eigenvalue weighted by Crippen LogP contribution is 2.50. The molecule has 3 aromatic carbocycles. The summed E-state index contributed by atoms with van der Waals surface area (Å²) in [4.78, 5) is 10.2. The predicted molar refractivity (Wildman–Crippen MR) is 163 cm³/mol. The van der Waals surface area contributed by atoms with Crippen molar-refractivity contribution >= 4 is 12.5 Å². The van der Waals surface area contributed by atoms with E-state index < -0.39 is 0 Å². The minimum absolute atomic E-state index is 0.0183. The molecular weight excluding hydrogens is 517 g/mol. The molecule has 220 valence electrons. The van der Waals surface area contributed by atoms with Crippen LogP contribution < -0.4 is 9.64 Å². The first-order valence-electron chi connectivity index (χ1n) is 15.0. The van der Waals surface area contributed by atoms with Gasteiger partial charge in [0, 0.05) is 37.2 Å². The normalized spacial score (nSPS) is 21.0. The Morgan fingerprint density at radius 1 is 0.976 bits per heavy atom. The first-order valence-corrected chi connectivity index (χ1v) is 15.0. The number of phenolic OH excluding ortho intramolecular Hbond substituents is 1. The smallest absolute Gasteiger partial charge is 0.147 e. The van der Waals surface area contributed by atoms with Gasteiger partial charge in [-0.15, -0.1) is 0 Å². The van der Waals surface area contributed by atoms with Gasteiger partial charge in [0.25, 0.3) is 0 Å². The van der Waals surface area contributed by atoms with Gasteiger partial charge in [-0.2, -0.15) is 0 Å². The molecule has 1 aliphatic carbocycles. The number of piperidine rings is 1. The molecule has 0 saturated carbocycles. The third-order valence-electron chi connectivity index (χ3n) is 8.90. The van der Waals surface area contributed by atoms with Crippen LogP contribution >= 0.6 is 0 Å². The molecule has 5 nitrogen and oxygen atoms in total. The van der Waals surface area contributed by atoms with Crippen LogP contribution in [0.15, 0.2) is 60.7 Å². The van der Waals surface area contributed by atoms with Gasteiger partial charge in [0.15, 0.2) is 0 Å². The van der Waals surface area contributed by atoms with Crippen molar-refractivity contribution in [3.05, 3.63) is 88.7 Å². The number of methoxy groups -OCH3 is 1. The lowest BCUT2D eigenvalue weighted by atomic mass is 9.69. The van der Waals surface area contributed by atoms with Crippen molar-refractivity contribution in [2.24, 2.45) is 0 Å². The Labute approximate surface area is 244 Å². The molecule has 0 aromatic heterocycles. The molecule has 2 saturated heterocycles. The predicted octanol–water partition coefficient (Wildman–Crippen LogP) is 7.78. The second-order valence-electron chi connectivity index (χ2n) is 10.9. The van der Waals surface area contributed by atoms with Crippen LogP contribution in [-0.4, -0.2) is 44.3 Å². The lowest BCUT2D eigenvalue weighted by Crippen LogP contribution is -2.48. The van der Waals surface area contributed by atoms with E-state index in [1.807, 2.05) is 44.9 Å². The fraction of sp³-hybridized carbons (Fsp3) is 0.457. The molecule has 6 heteroatoms. The van der Waals surface area contributed by atoms with E-state index in [1.165, 1.54) is 12.0 Å². The quantitative estimate of drug-likeness (QED) is 0.352. The molecule has 0 amide bonds. The molecule has 0 bridgehead atoms. The number of rotatable bonds is 4. The Morgan fingerprint density at radius 3 is 2.37 bits per heavy atom. The minimum atomic E-state index is -0.200. The van der Waals surface area contributed by atoms with Crippen LogP contribution in [0.4, 0.5) is 10.1 Å². The number of fused-ring (bicyclic) bond motifs is 1. The number of anilines is 1. The molecule has 2 atom stereocenters. The van der Waals surface area contributed by atoms with Gasteiger partial charge < -0.3 is 24.3 Å². The van der Waals surface area contributed by atoms with Crippen LogP contribution in [-0.2, 0) is 16.0 Å². The third kappa shape index (κ3) is 6.43. The summed E-state index contributed by atoms with van der Waals surface area (Å²) >= 11 is 0. The van der Waals surface area contributed by atoms with E-state index in [2.05, 4.69) is 29.2 Å². The highest BCUT2D eigenvalue weighted by molar-refractivity contribution is 5.59. The number of ether oxygens (including phenoxy) is 2. The standard InChI is InChI=1S/C32H36FNO3.C2H6.CH2O/c1-36-30-21-29(34-16-14-32(15-17-34)13-5-6-18-37-32)28(33)20-27(30)31-25(22-7-3-2-4-8-22)11-9-23-19-24(35)10-12-26(23)31;2*1-2/h2-4,7-8,10,12,19-21,25,31,35H,5-6,9,11,13-18H2,1H3;1-2H3;1H2. The number of benzene rings is 3.